The van der Waals surface area contributed by atoms with Gasteiger partial charge in [0.2, 0.25) is 0 Å². The summed E-state index contributed by atoms with van der Waals surface area (Å²) >= 11 is 3.44. The van der Waals surface area contributed by atoms with Crippen LogP contribution in [0.5, 0.6) is 0 Å². The SMILES string of the molecule is CCN1CCOC(CNc2cc(Br)nc(C(C)C)n2)C1. The number of morpholine rings is 1. The fourth-order valence-electron chi connectivity index (χ4n) is 2.19. The van der Waals surface area contributed by atoms with Gasteiger partial charge in [0.25, 0.3) is 0 Å². The van der Waals surface area contributed by atoms with E-state index in [-0.39, 0.29) is 6.10 Å². The van der Waals surface area contributed by atoms with E-state index in [1.807, 2.05) is 6.07 Å². The minimum atomic E-state index is 0.222. The topological polar surface area (TPSA) is 50.3 Å². The normalized spacial score (nSPS) is 20.4. The summed E-state index contributed by atoms with van der Waals surface area (Å²) in [6, 6.07) is 1.91. The molecule has 0 aromatic carbocycles. The number of anilines is 1. The van der Waals surface area contributed by atoms with E-state index in [2.05, 4.69) is 56.9 Å². The monoisotopic (exact) mass is 342 g/mol. The van der Waals surface area contributed by atoms with Crippen molar-refractivity contribution in [3.05, 3.63) is 16.5 Å². The Morgan fingerprint density at radius 3 is 3.00 bits per heavy atom. The van der Waals surface area contributed by atoms with Crippen LogP contribution in [0.2, 0.25) is 0 Å². The van der Waals surface area contributed by atoms with Crippen LogP contribution in [0.15, 0.2) is 10.7 Å². The second kappa shape index (κ2) is 7.33. The molecule has 1 aliphatic rings. The average molecular weight is 343 g/mol. The second-order valence-corrected chi connectivity index (χ2v) is 6.17. The van der Waals surface area contributed by atoms with Crippen molar-refractivity contribution in [1.82, 2.24) is 14.9 Å². The quantitative estimate of drug-likeness (QED) is 0.833. The summed E-state index contributed by atoms with van der Waals surface area (Å²) in [7, 11) is 0. The second-order valence-electron chi connectivity index (χ2n) is 5.36. The zero-order valence-electron chi connectivity index (χ0n) is 12.4. The standard InChI is InChI=1S/C14H23BrN4O/c1-4-19-5-6-20-11(9-19)8-16-13-7-12(15)17-14(18-13)10(2)3/h7,10-11H,4-6,8-9H2,1-3H3,(H,16,17,18). The van der Waals surface area contributed by atoms with E-state index in [0.29, 0.717) is 5.92 Å². The van der Waals surface area contributed by atoms with E-state index in [9.17, 15) is 0 Å². The Labute approximate surface area is 129 Å². The molecule has 1 fully saturated rings. The van der Waals surface area contributed by atoms with Crippen molar-refractivity contribution in [3.8, 4) is 0 Å². The van der Waals surface area contributed by atoms with E-state index in [1.165, 1.54) is 0 Å². The van der Waals surface area contributed by atoms with Gasteiger partial charge >= 0.3 is 0 Å². The number of likely N-dealkylation sites (N-methyl/N-ethyl adjacent to an activating group) is 1. The van der Waals surface area contributed by atoms with Crippen LogP contribution in [0.3, 0.4) is 0 Å². The Morgan fingerprint density at radius 1 is 1.50 bits per heavy atom. The van der Waals surface area contributed by atoms with Crippen LogP contribution in [0.1, 0.15) is 32.5 Å². The average Bonchev–Trinajstić information content (AvgIpc) is 2.44. The molecule has 0 bridgehead atoms. The van der Waals surface area contributed by atoms with E-state index in [1.54, 1.807) is 0 Å². The molecule has 0 saturated carbocycles. The highest BCUT2D eigenvalue weighted by atomic mass is 79.9. The van der Waals surface area contributed by atoms with Crippen molar-refractivity contribution < 1.29 is 4.74 Å². The summed E-state index contributed by atoms with van der Waals surface area (Å²) in [6.45, 7) is 11.0. The maximum absolute atomic E-state index is 5.78. The van der Waals surface area contributed by atoms with Crippen molar-refractivity contribution in [1.29, 1.82) is 0 Å². The Bertz CT molecular complexity index is 441. The Morgan fingerprint density at radius 2 is 2.30 bits per heavy atom. The van der Waals surface area contributed by atoms with Gasteiger partial charge in [0, 0.05) is 31.6 Å². The maximum Gasteiger partial charge on any atom is 0.134 e. The highest BCUT2D eigenvalue weighted by molar-refractivity contribution is 9.10. The molecule has 1 aliphatic heterocycles. The van der Waals surface area contributed by atoms with E-state index in [0.717, 1.165) is 49.0 Å². The number of halogens is 1. The molecule has 1 unspecified atom stereocenters. The van der Waals surface area contributed by atoms with Crippen molar-refractivity contribution >= 4 is 21.7 Å². The van der Waals surface area contributed by atoms with Crippen molar-refractivity contribution in [2.45, 2.75) is 32.8 Å². The van der Waals surface area contributed by atoms with Crippen LogP contribution in [0.4, 0.5) is 5.82 Å². The van der Waals surface area contributed by atoms with Crippen LogP contribution >= 0.6 is 15.9 Å². The molecule has 1 atom stereocenters. The van der Waals surface area contributed by atoms with E-state index in [4.69, 9.17) is 4.74 Å². The predicted octanol–water partition coefficient (Wildman–Crippen LogP) is 2.50. The zero-order valence-corrected chi connectivity index (χ0v) is 14.0. The Hall–Kier alpha value is -0.720. The van der Waals surface area contributed by atoms with Crippen molar-refractivity contribution in [2.75, 3.05) is 38.1 Å². The highest BCUT2D eigenvalue weighted by Crippen LogP contribution is 2.17. The number of aromatic nitrogens is 2. The third kappa shape index (κ3) is 4.40. The van der Waals surface area contributed by atoms with Crippen molar-refractivity contribution in [3.63, 3.8) is 0 Å². The molecule has 1 saturated heterocycles. The van der Waals surface area contributed by atoms with Gasteiger partial charge in [0.15, 0.2) is 0 Å². The molecular weight excluding hydrogens is 320 g/mol. The van der Waals surface area contributed by atoms with Gasteiger partial charge in [-0.05, 0) is 22.5 Å². The smallest absolute Gasteiger partial charge is 0.134 e. The summed E-state index contributed by atoms with van der Waals surface area (Å²) < 4.78 is 6.60. The van der Waals surface area contributed by atoms with Crippen LogP contribution < -0.4 is 5.32 Å². The van der Waals surface area contributed by atoms with Crippen LogP contribution in [-0.4, -0.2) is 53.8 Å². The van der Waals surface area contributed by atoms with Crippen LogP contribution in [0.25, 0.3) is 0 Å². The van der Waals surface area contributed by atoms with Gasteiger partial charge < -0.3 is 10.1 Å². The van der Waals surface area contributed by atoms with Crippen LogP contribution in [-0.2, 0) is 4.74 Å². The van der Waals surface area contributed by atoms with Gasteiger partial charge in [0.05, 0.1) is 12.7 Å². The molecule has 0 radical (unpaired) electrons. The molecule has 1 N–H and O–H groups in total. The summed E-state index contributed by atoms with van der Waals surface area (Å²) in [5.41, 5.74) is 0. The third-order valence-corrected chi connectivity index (χ3v) is 3.82. The number of nitrogens with zero attached hydrogens (tertiary/aromatic N) is 3. The molecule has 2 heterocycles. The predicted molar refractivity (Wildman–Crippen MR) is 84.2 cm³/mol. The molecule has 112 valence electrons. The van der Waals surface area contributed by atoms with Crippen LogP contribution in [0, 0.1) is 0 Å². The Balaban J connectivity index is 1.93. The van der Waals surface area contributed by atoms with E-state index < -0.39 is 0 Å². The van der Waals surface area contributed by atoms with Gasteiger partial charge in [-0.2, -0.15) is 0 Å². The molecule has 5 nitrogen and oxygen atoms in total. The first-order chi connectivity index (χ1) is 9.58. The lowest BCUT2D eigenvalue weighted by molar-refractivity contribution is -0.0192. The number of ether oxygens (including phenoxy) is 1. The first-order valence-corrected chi connectivity index (χ1v) is 8.00. The molecule has 0 amide bonds. The summed E-state index contributed by atoms with van der Waals surface area (Å²) in [5, 5.41) is 3.36. The number of nitrogens with one attached hydrogen (secondary N) is 1. The lowest BCUT2D eigenvalue weighted by Crippen LogP contribution is -2.45. The fraction of sp³-hybridized carbons (Fsp3) is 0.714. The third-order valence-electron chi connectivity index (χ3n) is 3.41. The van der Waals surface area contributed by atoms with E-state index >= 15 is 0 Å². The zero-order chi connectivity index (χ0) is 14.5. The number of rotatable bonds is 5. The first kappa shape index (κ1) is 15.7. The number of hydrogen-bond acceptors (Lipinski definition) is 5. The first-order valence-electron chi connectivity index (χ1n) is 7.20. The van der Waals surface area contributed by atoms with Gasteiger partial charge in [-0.1, -0.05) is 20.8 Å². The molecule has 1 aromatic rings. The molecular formula is C14H23BrN4O. The van der Waals surface area contributed by atoms with Gasteiger partial charge in [-0.15, -0.1) is 0 Å². The molecule has 2 rings (SSSR count). The van der Waals surface area contributed by atoms with Gasteiger partial charge in [-0.25, -0.2) is 9.97 Å². The lowest BCUT2D eigenvalue weighted by Gasteiger charge is -2.32. The molecule has 0 aliphatic carbocycles. The molecule has 0 spiro atoms. The summed E-state index contributed by atoms with van der Waals surface area (Å²) in [5.74, 6) is 2.02. The van der Waals surface area contributed by atoms with Gasteiger partial charge in [-0.3, -0.25) is 4.90 Å². The molecule has 20 heavy (non-hydrogen) atoms. The Kier molecular flexibility index (Phi) is 5.74. The minimum absolute atomic E-state index is 0.222. The molecule has 6 heteroatoms. The maximum atomic E-state index is 5.78. The largest absolute Gasteiger partial charge is 0.374 e. The highest BCUT2D eigenvalue weighted by Gasteiger charge is 2.19. The summed E-state index contributed by atoms with van der Waals surface area (Å²) in [6.07, 6.45) is 0.222. The minimum Gasteiger partial charge on any atom is -0.374 e. The molecule has 1 aromatic heterocycles. The van der Waals surface area contributed by atoms with Gasteiger partial charge in [0.1, 0.15) is 16.2 Å². The summed E-state index contributed by atoms with van der Waals surface area (Å²) in [4.78, 5) is 11.3. The number of hydrogen-bond donors (Lipinski definition) is 1. The van der Waals surface area contributed by atoms with Crippen molar-refractivity contribution in [2.24, 2.45) is 0 Å². The fourth-order valence-corrected chi connectivity index (χ4v) is 2.59. The lowest BCUT2D eigenvalue weighted by atomic mass is 10.2.